The lowest BCUT2D eigenvalue weighted by atomic mass is 9.82. The van der Waals surface area contributed by atoms with Gasteiger partial charge >= 0.3 is 0 Å². The maximum atomic E-state index is 5.43. The van der Waals surface area contributed by atoms with Gasteiger partial charge in [0.1, 0.15) is 0 Å². The average molecular weight is 832 g/mol. The van der Waals surface area contributed by atoms with Gasteiger partial charge in [0, 0.05) is 49.3 Å². The van der Waals surface area contributed by atoms with Crippen molar-refractivity contribution >= 4 is 43.6 Å². The summed E-state index contributed by atoms with van der Waals surface area (Å²) in [5.41, 5.74) is 16.7. The number of aromatic nitrogens is 5. The molecule has 0 bridgehead atoms. The van der Waals surface area contributed by atoms with E-state index in [0.717, 1.165) is 50.2 Å². The van der Waals surface area contributed by atoms with Crippen LogP contribution in [0.5, 0.6) is 0 Å². The summed E-state index contributed by atoms with van der Waals surface area (Å²) in [4.78, 5) is 16.0. The first-order valence-corrected chi connectivity index (χ1v) is 22.3. The third-order valence-corrected chi connectivity index (χ3v) is 13.6. The summed E-state index contributed by atoms with van der Waals surface area (Å²) in [6, 6.07) is 76.0. The molecule has 13 rings (SSSR count). The molecule has 12 aromatic rings. The molecule has 9 aromatic carbocycles. The second-order valence-electron chi connectivity index (χ2n) is 17.6. The van der Waals surface area contributed by atoms with E-state index in [1.54, 1.807) is 0 Å². The van der Waals surface area contributed by atoms with Gasteiger partial charge in [-0.05, 0) is 81.9 Å². The number of hydrogen-bond acceptors (Lipinski definition) is 3. The Morgan fingerprint density at radius 3 is 1.60 bits per heavy atom. The molecule has 1 aliphatic rings. The highest BCUT2D eigenvalue weighted by atomic mass is 15.0. The zero-order chi connectivity index (χ0) is 43.2. The molecule has 5 nitrogen and oxygen atoms in total. The Morgan fingerprint density at radius 1 is 0.338 bits per heavy atom. The van der Waals surface area contributed by atoms with Crippen LogP contribution in [0.2, 0.25) is 0 Å². The monoisotopic (exact) mass is 831 g/mol. The van der Waals surface area contributed by atoms with Crippen LogP contribution in [0.3, 0.4) is 0 Å². The Hall–Kier alpha value is -8.41. The summed E-state index contributed by atoms with van der Waals surface area (Å²) in [5.74, 6) is 1.88. The van der Waals surface area contributed by atoms with E-state index in [4.69, 9.17) is 15.0 Å². The first kappa shape index (κ1) is 37.2. The van der Waals surface area contributed by atoms with Crippen LogP contribution in [-0.2, 0) is 5.41 Å². The van der Waals surface area contributed by atoms with Crippen molar-refractivity contribution in [3.05, 3.63) is 223 Å². The predicted octanol–water partition coefficient (Wildman–Crippen LogP) is 15.0. The van der Waals surface area contributed by atoms with E-state index in [9.17, 15) is 0 Å². The van der Waals surface area contributed by atoms with Gasteiger partial charge in [0.15, 0.2) is 17.5 Å². The summed E-state index contributed by atoms with van der Waals surface area (Å²) in [6.07, 6.45) is 0. The molecule has 0 spiro atoms. The van der Waals surface area contributed by atoms with Crippen molar-refractivity contribution in [1.29, 1.82) is 0 Å². The number of hydrogen-bond donors (Lipinski definition) is 0. The van der Waals surface area contributed by atoms with Crippen LogP contribution in [0.1, 0.15) is 25.0 Å². The Morgan fingerprint density at radius 2 is 0.877 bits per heavy atom. The SMILES string of the molecule is CC1(C)c2ccccc2-c2ccc(-c3nc(-c4ccccc4)nc(-c4cc(-n5c6ccccc6c6c(-n7c8ccccc8c8ccccc87)cccc65)ccc4-c4ccccc4)n3)cc21. The van der Waals surface area contributed by atoms with Crippen molar-refractivity contribution < 1.29 is 0 Å². The van der Waals surface area contributed by atoms with E-state index < -0.39 is 0 Å². The summed E-state index contributed by atoms with van der Waals surface area (Å²) < 4.78 is 4.84. The van der Waals surface area contributed by atoms with Gasteiger partial charge in [-0.1, -0.05) is 178 Å². The van der Waals surface area contributed by atoms with E-state index in [2.05, 4.69) is 217 Å². The topological polar surface area (TPSA) is 48.5 Å². The van der Waals surface area contributed by atoms with E-state index in [1.807, 2.05) is 18.2 Å². The largest absolute Gasteiger partial charge is 0.309 e. The van der Waals surface area contributed by atoms with Crippen molar-refractivity contribution in [2.24, 2.45) is 0 Å². The average Bonchev–Trinajstić information content (AvgIpc) is 3.97. The minimum absolute atomic E-state index is 0.168. The zero-order valence-electron chi connectivity index (χ0n) is 35.9. The molecule has 0 N–H and O–H groups in total. The van der Waals surface area contributed by atoms with Gasteiger partial charge in [-0.3, -0.25) is 0 Å². The first-order valence-electron chi connectivity index (χ1n) is 22.3. The fourth-order valence-corrected chi connectivity index (χ4v) is 10.6. The molecule has 3 aromatic heterocycles. The molecule has 65 heavy (non-hydrogen) atoms. The summed E-state index contributed by atoms with van der Waals surface area (Å²) in [7, 11) is 0. The van der Waals surface area contributed by atoms with Crippen LogP contribution in [0.25, 0.3) is 111 Å². The van der Waals surface area contributed by atoms with Gasteiger partial charge in [-0.25, -0.2) is 15.0 Å². The van der Waals surface area contributed by atoms with Gasteiger partial charge in [0.25, 0.3) is 0 Å². The first-order chi connectivity index (χ1) is 32.0. The third-order valence-electron chi connectivity index (χ3n) is 13.6. The highest BCUT2D eigenvalue weighted by Gasteiger charge is 2.35. The maximum Gasteiger partial charge on any atom is 0.164 e. The molecule has 0 radical (unpaired) electrons. The van der Waals surface area contributed by atoms with Crippen molar-refractivity contribution in [1.82, 2.24) is 24.1 Å². The number of rotatable bonds is 6. The van der Waals surface area contributed by atoms with Gasteiger partial charge < -0.3 is 9.13 Å². The Kier molecular flexibility index (Phi) is 8.18. The molecular formula is C60H41N5. The van der Waals surface area contributed by atoms with Crippen molar-refractivity contribution in [3.8, 4) is 67.8 Å². The minimum atomic E-state index is -0.168. The molecule has 0 aliphatic heterocycles. The normalized spacial score (nSPS) is 12.9. The van der Waals surface area contributed by atoms with Gasteiger partial charge in [0.2, 0.25) is 0 Å². The molecule has 1 aliphatic carbocycles. The van der Waals surface area contributed by atoms with Crippen molar-refractivity contribution in [2.45, 2.75) is 19.3 Å². The third kappa shape index (κ3) is 5.68. The fraction of sp³-hybridized carbons (Fsp3) is 0.0500. The number of benzene rings is 9. The lowest BCUT2D eigenvalue weighted by Gasteiger charge is -2.22. The standard InChI is InChI=1S/C60H41N5/c1-60(2)49-26-13-9-22-43(49)44-34-32-40(36-50(44)60)58-61-57(39-20-7-4-8-21-39)62-59(63-58)48-37-41(33-35-42(48)38-18-5-3-6-19-38)64-53-29-16-12-25-47(53)56-54(64)30-17-31-55(56)65-51-27-14-10-23-45(51)46-24-11-15-28-52(46)65/h3-37H,1-2H3. The van der Waals surface area contributed by atoms with Gasteiger partial charge in [-0.15, -0.1) is 0 Å². The number of fused-ring (bicyclic) bond motifs is 9. The molecule has 3 heterocycles. The fourth-order valence-electron chi connectivity index (χ4n) is 10.6. The molecule has 5 heteroatoms. The van der Waals surface area contributed by atoms with Crippen molar-refractivity contribution in [3.63, 3.8) is 0 Å². The van der Waals surface area contributed by atoms with Crippen LogP contribution >= 0.6 is 0 Å². The smallest absolute Gasteiger partial charge is 0.164 e. The predicted molar refractivity (Wildman–Crippen MR) is 268 cm³/mol. The summed E-state index contributed by atoms with van der Waals surface area (Å²) in [5, 5.41) is 4.86. The molecule has 0 saturated carbocycles. The molecular weight excluding hydrogens is 791 g/mol. The Balaban J connectivity index is 1.06. The van der Waals surface area contributed by atoms with Crippen LogP contribution < -0.4 is 0 Å². The summed E-state index contributed by atoms with van der Waals surface area (Å²) >= 11 is 0. The molecule has 0 unspecified atom stereocenters. The Labute approximate surface area is 376 Å². The lowest BCUT2D eigenvalue weighted by molar-refractivity contribution is 0.660. The van der Waals surface area contributed by atoms with Crippen LogP contribution in [0.15, 0.2) is 212 Å². The van der Waals surface area contributed by atoms with Crippen LogP contribution in [0.4, 0.5) is 0 Å². The van der Waals surface area contributed by atoms with Gasteiger partial charge in [-0.2, -0.15) is 0 Å². The number of nitrogens with zero attached hydrogens (tertiary/aromatic N) is 5. The highest BCUT2D eigenvalue weighted by molar-refractivity contribution is 6.16. The van der Waals surface area contributed by atoms with E-state index in [-0.39, 0.29) is 5.41 Å². The van der Waals surface area contributed by atoms with Gasteiger partial charge in [0.05, 0.1) is 27.8 Å². The molecule has 0 saturated heterocycles. The van der Waals surface area contributed by atoms with Crippen LogP contribution in [-0.4, -0.2) is 24.1 Å². The van der Waals surface area contributed by atoms with Crippen LogP contribution in [0, 0.1) is 0 Å². The highest BCUT2D eigenvalue weighted by Crippen LogP contribution is 2.50. The minimum Gasteiger partial charge on any atom is -0.309 e. The molecule has 0 atom stereocenters. The second kappa shape index (κ2) is 14.3. The quantitative estimate of drug-likeness (QED) is 0.168. The van der Waals surface area contributed by atoms with Crippen molar-refractivity contribution in [2.75, 3.05) is 0 Å². The molecule has 0 amide bonds. The van der Waals surface area contributed by atoms with E-state index >= 15 is 0 Å². The Bertz CT molecular complexity index is 3800. The summed E-state index contributed by atoms with van der Waals surface area (Å²) in [6.45, 7) is 4.63. The second-order valence-corrected chi connectivity index (χ2v) is 17.6. The molecule has 306 valence electrons. The van der Waals surface area contributed by atoms with E-state index in [0.29, 0.717) is 17.5 Å². The molecule has 0 fully saturated rings. The van der Waals surface area contributed by atoms with E-state index in [1.165, 1.54) is 54.8 Å². The zero-order valence-corrected chi connectivity index (χ0v) is 35.9. The lowest BCUT2D eigenvalue weighted by Crippen LogP contribution is -2.15. The number of para-hydroxylation sites is 3. The maximum absolute atomic E-state index is 5.43.